The second-order valence-corrected chi connectivity index (χ2v) is 12.9. The Bertz CT molecular complexity index is 632. The number of ether oxygens (including phenoxy) is 1. The lowest BCUT2D eigenvalue weighted by Crippen LogP contribution is -2.58. The zero-order valence-electron chi connectivity index (χ0n) is 19.7. The molecule has 5 aliphatic rings. The fraction of sp³-hybridized carbons (Fsp3) is 1.00. The fourth-order valence-electron chi connectivity index (χ4n) is 9.65. The Labute approximate surface area is 178 Å². The van der Waals surface area contributed by atoms with E-state index in [2.05, 4.69) is 34.6 Å². The van der Waals surface area contributed by atoms with E-state index in [4.69, 9.17) is 4.74 Å². The molecular formula is C27H45FO. The van der Waals surface area contributed by atoms with Crippen molar-refractivity contribution in [1.82, 2.24) is 0 Å². The highest BCUT2D eigenvalue weighted by Gasteiger charge is 2.76. The third-order valence-electron chi connectivity index (χ3n) is 11.2. The summed E-state index contributed by atoms with van der Waals surface area (Å²) in [4.78, 5) is 0. The van der Waals surface area contributed by atoms with Gasteiger partial charge in [0.1, 0.15) is 11.8 Å². The van der Waals surface area contributed by atoms with Gasteiger partial charge in [0.2, 0.25) is 0 Å². The molecule has 5 rings (SSSR count). The van der Waals surface area contributed by atoms with Gasteiger partial charge in [-0.05, 0) is 85.9 Å². The molecule has 0 bridgehead atoms. The molecular weight excluding hydrogens is 359 g/mol. The fourth-order valence-corrected chi connectivity index (χ4v) is 9.65. The molecule has 0 amide bonds. The summed E-state index contributed by atoms with van der Waals surface area (Å²) in [5.74, 6) is 5.14. The molecule has 4 saturated carbocycles. The van der Waals surface area contributed by atoms with Crippen LogP contribution in [0.3, 0.4) is 0 Å². The molecule has 0 N–H and O–H groups in total. The maximum absolute atomic E-state index is 14.3. The van der Waals surface area contributed by atoms with E-state index in [0.29, 0.717) is 17.9 Å². The summed E-state index contributed by atoms with van der Waals surface area (Å²) in [5, 5.41) is 0. The average Bonchev–Trinajstić information content (AvgIpc) is 3.22. The number of halogens is 1. The molecule has 2 heteroatoms. The predicted molar refractivity (Wildman–Crippen MR) is 117 cm³/mol. The Morgan fingerprint density at radius 1 is 0.966 bits per heavy atom. The number of rotatable bonds is 5. The van der Waals surface area contributed by atoms with Gasteiger partial charge in [0.05, 0.1) is 6.10 Å². The van der Waals surface area contributed by atoms with Crippen molar-refractivity contribution < 1.29 is 9.13 Å². The van der Waals surface area contributed by atoms with Gasteiger partial charge in [-0.2, -0.15) is 0 Å². The first kappa shape index (κ1) is 20.8. The van der Waals surface area contributed by atoms with E-state index in [0.717, 1.165) is 48.3 Å². The van der Waals surface area contributed by atoms with Crippen LogP contribution in [-0.4, -0.2) is 17.9 Å². The van der Waals surface area contributed by atoms with Gasteiger partial charge in [0, 0.05) is 11.8 Å². The summed E-state index contributed by atoms with van der Waals surface area (Å²) >= 11 is 0. The minimum atomic E-state index is -0.624. The smallest absolute Gasteiger partial charge is 0.103 e. The highest BCUT2D eigenvalue weighted by Crippen LogP contribution is 2.74. The number of alkyl halides is 1. The number of hydrogen-bond donors (Lipinski definition) is 0. The SMILES string of the molecule is CC(C)CCC[C@@H](C)[C@H]1CC[C@H]2[C@@H]3C[C@@H]4O[C@@]45C[C@@H](F)CC[C@]5(C)[C@H]3CC[C@]12C. The quantitative estimate of drug-likeness (QED) is 0.430. The Morgan fingerprint density at radius 3 is 2.52 bits per heavy atom. The van der Waals surface area contributed by atoms with Crippen molar-refractivity contribution in [2.75, 3.05) is 0 Å². The predicted octanol–water partition coefficient (Wildman–Crippen LogP) is 7.58. The lowest BCUT2D eigenvalue weighted by molar-refractivity contribution is -0.109. The summed E-state index contributed by atoms with van der Waals surface area (Å²) in [6.07, 6.45) is 13.4. The van der Waals surface area contributed by atoms with Crippen LogP contribution in [0.2, 0.25) is 0 Å². The molecule has 1 spiro atoms. The highest BCUT2D eigenvalue weighted by molar-refractivity contribution is 5.24. The molecule has 1 aliphatic heterocycles. The maximum Gasteiger partial charge on any atom is 0.103 e. The molecule has 5 fully saturated rings. The van der Waals surface area contributed by atoms with Gasteiger partial charge in [0.15, 0.2) is 0 Å². The molecule has 1 nitrogen and oxygen atoms in total. The minimum Gasteiger partial charge on any atom is -0.365 e. The first-order chi connectivity index (χ1) is 13.7. The zero-order valence-corrected chi connectivity index (χ0v) is 19.7. The third-order valence-corrected chi connectivity index (χ3v) is 11.2. The Balaban J connectivity index is 1.33. The largest absolute Gasteiger partial charge is 0.365 e. The van der Waals surface area contributed by atoms with Gasteiger partial charge in [0.25, 0.3) is 0 Å². The lowest BCUT2D eigenvalue weighted by Gasteiger charge is -2.59. The van der Waals surface area contributed by atoms with Gasteiger partial charge in [-0.3, -0.25) is 0 Å². The number of epoxide rings is 1. The first-order valence-corrected chi connectivity index (χ1v) is 13.0. The van der Waals surface area contributed by atoms with Crippen LogP contribution in [0.5, 0.6) is 0 Å². The van der Waals surface area contributed by atoms with Crippen LogP contribution >= 0.6 is 0 Å². The van der Waals surface area contributed by atoms with E-state index in [-0.39, 0.29) is 11.0 Å². The minimum absolute atomic E-state index is 0.0816. The summed E-state index contributed by atoms with van der Waals surface area (Å²) < 4.78 is 20.7. The van der Waals surface area contributed by atoms with Crippen molar-refractivity contribution in [2.45, 2.75) is 123 Å². The van der Waals surface area contributed by atoms with Gasteiger partial charge in [-0.15, -0.1) is 0 Å². The van der Waals surface area contributed by atoms with Crippen molar-refractivity contribution in [3.8, 4) is 0 Å². The molecule has 1 saturated heterocycles. The van der Waals surface area contributed by atoms with Crippen molar-refractivity contribution in [3.63, 3.8) is 0 Å². The summed E-state index contributed by atoms with van der Waals surface area (Å²) in [5.41, 5.74) is 0.703. The van der Waals surface area contributed by atoms with E-state index in [1.165, 1.54) is 51.4 Å². The van der Waals surface area contributed by atoms with Crippen LogP contribution in [0.15, 0.2) is 0 Å². The van der Waals surface area contributed by atoms with E-state index in [1.807, 2.05) is 0 Å². The third kappa shape index (κ3) is 2.93. The average molecular weight is 405 g/mol. The second kappa shape index (κ2) is 6.94. The summed E-state index contributed by atoms with van der Waals surface area (Å²) in [7, 11) is 0. The summed E-state index contributed by atoms with van der Waals surface area (Å²) in [6.45, 7) is 12.4. The van der Waals surface area contributed by atoms with Crippen molar-refractivity contribution in [3.05, 3.63) is 0 Å². The van der Waals surface area contributed by atoms with E-state index >= 15 is 0 Å². The van der Waals surface area contributed by atoms with Crippen LogP contribution in [-0.2, 0) is 4.74 Å². The van der Waals surface area contributed by atoms with E-state index in [1.54, 1.807) is 0 Å². The van der Waals surface area contributed by atoms with Crippen LogP contribution in [0.25, 0.3) is 0 Å². The number of fused-ring (bicyclic) bond motifs is 4. The summed E-state index contributed by atoms with van der Waals surface area (Å²) in [6, 6.07) is 0. The molecule has 10 atom stereocenters. The van der Waals surface area contributed by atoms with Crippen LogP contribution in [0.4, 0.5) is 4.39 Å². The van der Waals surface area contributed by atoms with Crippen LogP contribution in [0, 0.1) is 46.3 Å². The first-order valence-electron chi connectivity index (χ1n) is 13.0. The molecule has 4 aliphatic carbocycles. The maximum atomic E-state index is 14.3. The monoisotopic (exact) mass is 404 g/mol. The van der Waals surface area contributed by atoms with Crippen LogP contribution < -0.4 is 0 Å². The molecule has 0 aromatic rings. The standard InChI is InChI=1S/C27H45FO/c1-17(2)7-6-8-18(3)21-9-10-22-20-15-24-27(29-24)16-19(28)11-14-26(27,5)23(20)12-13-25(21,22)4/h17-24H,6-16H2,1-5H3/t18-,19+,20+,21-,22+,23+,24+,25-,26-,27+/m1/s1. The van der Waals surface area contributed by atoms with Gasteiger partial charge in [-0.1, -0.05) is 53.9 Å². The Kier molecular flexibility index (Phi) is 4.97. The topological polar surface area (TPSA) is 12.5 Å². The Morgan fingerprint density at radius 2 is 1.76 bits per heavy atom. The van der Waals surface area contributed by atoms with Gasteiger partial charge < -0.3 is 4.74 Å². The van der Waals surface area contributed by atoms with Crippen LogP contribution in [0.1, 0.15) is 105 Å². The number of hydrogen-bond acceptors (Lipinski definition) is 1. The molecule has 0 unspecified atom stereocenters. The van der Waals surface area contributed by atoms with Crippen molar-refractivity contribution in [2.24, 2.45) is 46.3 Å². The molecule has 1 heterocycles. The van der Waals surface area contributed by atoms with Gasteiger partial charge in [-0.25, -0.2) is 4.39 Å². The van der Waals surface area contributed by atoms with E-state index in [9.17, 15) is 4.39 Å². The lowest BCUT2D eigenvalue weighted by atomic mass is 9.44. The zero-order chi connectivity index (χ0) is 20.6. The normalized spacial score (nSPS) is 54.3. The van der Waals surface area contributed by atoms with Crippen molar-refractivity contribution in [1.29, 1.82) is 0 Å². The van der Waals surface area contributed by atoms with Gasteiger partial charge >= 0.3 is 0 Å². The second-order valence-electron chi connectivity index (χ2n) is 12.9. The van der Waals surface area contributed by atoms with E-state index < -0.39 is 6.17 Å². The molecule has 166 valence electrons. The molecule has 29 heavy (non-hydrogen) atoms. The Hall–Kier alpha value is -0.110. The molecule has 0 aromatic carbocycles. The van der Waals surface area contributed by atoms with Crippen molar-refractivity contribution >= 4 is 0 Å². The molecule has 0 aromatic heterocycles. The highest BCUT2D eigenvalue weighted by atomic mass is 19.1. The molecule has 0 radical (unpaired) electrons.